The molecule has 1 amide bonds. The summed E-state index contributed by atoms with van der Waals surface area (Å²) in [5, 5.41) is 0.729. The first-order chi connectivity index (χ1) is 8.84. The van der Waals surface area contributed by atoms with E-state index >= 15 is 0 Å². The first-order valence-corrected chi connectivity index (χ1v) is 7.89. The van der Waals surface area contributed by atoms with Crippen molar-refractivity contribution in [3.63, 3.8) is 0 Å². The summed E-state index contributed by atoms with van der Waals surface area (Å²) in [6, 6.07) is 8.28. The highest BCUT2D eigenvalue weighted by atomic mass is 32.2. The molecule has 1 heterocycles. The van der Waals surface area contributed by atoms with E-state index in [1.807, 2.05) is 22.7 Å². The standard InChI is InChI=1S/C15H19NOS/c17-15(11-18-13-6-2-3-7-13)16-10-9-12-5-1-4-8-14(12)16/h1,4-5,8,13H,2-3,6-7,9-11H2. The summed E-state index contributed by atoms with van der Waals surface area (Å²) >= 11 is 1.86. The van der Waals surface area contributed by atoms with Gasteiger partial charge in [0.2, 0.25) is 5.91 Å². The maximum Gasteiger partial charge on any atom is 0.237 e. The Morgan fingerprint density at radius 3 is 2.89 bits per heavy atom. The molecule has 18 heavy (non-hydrogen) atoms. The van der Waals surface area contributed by atoms with Gasteiger partial charge in [-0.05, 0) is 30.9 Å². The zero-order valence-corrected chi connectivity index (χ0v) is 11.4. The third-order valence-electron chi connectivity index (χ3n) is 3.93. The Hall–Kier alpha value is -0.960. The zero-order chi connectivity index (χ0) is 12.4. The Balaban J connectivity index is 1.60. The number of amides is 1. The maximum atomic E-state index is 12.3. The molecule has 0 aromatic heterocycles. The number of rotatable bonds is 3. The van der Waals surface area contributed by atoms with E-state index in [9.17, 15) is 4.79 Å². The van der Waals surface area contributed by atoms with Crippen LogP contribution in [0.2, 0.25) is 0 Å². The number of anilines is 1. The molecule has 2 nitrogen and oxygen atoms in total. The van der Waals surface area contributed by atoms with E-state index in [-0.39, 0.29) is 5.91 Å². The number of fused-ring (bicyclic) bond motifs is 1. The second-order valence-electron chi connectivity index (χ2n) is 5.14. The van der Waals surface area contributed by atoms with Crippen molar-refractivity contribution in [3.8, 4) is 0 Å². The number of hydrogen-bond acceptors (Lipinski definition) is 2. The summed E-state index contributed by atoms with van der Waals surface area (Å²) in [4.78, 5) is 14.2. The van der Waals surface area contributed by atoms with Gasteiger partial charge in [-0.2, -0.15) is 0 Å². The highest BCUT2D eigenvalue weighted by Crippen LogP contribution is 2.31. The fraction of sp³-hybridized carbons (Fsp3) is 0.533. The minimum Gasteiger partial charge on any atom is -0.311 e. The fourth-order valence-corrected chi connectivity index (χ4v) is 4.12. The lowest BCUT2D eigenvalue weighted by Gasteiger charge is -2.18. The van der Waals surface area contributed by atoms with Crippen LogP contribution >= 0.6 is 11.8 Å². The largest absolute Gasteiger partial charge is 0.311 e. The van der Waals surface area contributed by atoms with Gasteiger partial charge in [-0.25, -0.2) is 0 Å². The van der Waals surface area contributed by atoms with Crippen molar-refractivity contribution in [1.29, 1.82) is 0 Å². The van der Waals surface area contributed by atoms with Crippen LogP contribution in [0.3, 0.4) is 0 Å². The van der Waals surface area contributed by atoms with Crippen molar-refractivity contribution >= 4 is 23.4 Å². The van der Waals surface area contributed by atoms with Crippen molar-refractivity contribution in [2.45, 2.75) is 37.4 Å². The maximum absolute atomic E-state index is 12.3. The summed E-state index contributed by atoms with van der Waals surface area (Å²) in [6.07, 6.45) is 6.30. The molecular weight excluding hydrogens is 242 g/mol. The average molecular weight is 261 g/mol. The van der Waals surface area contributed by atoms with Crippen LogP contribution < -0.4 is 4.90 Å². The molecule has 3 heteroatoms. The Labute approximate surface area is 113 Å². The van der Waals surface area contributed by atoms with Gasteiger partial charge in [0.25, 0.3) is 0 Å². The lowest BCUT2D eigenvalue weighted by atomic mass is 10.2. The third kappa shape index (κ3) is 2.41. The van der Waals surface area contributed by atoms with Gasteiger partial charge in [0.05, 0.1) is 5.75 Å². The van der Waals surface area contributed by atoms with Crippen molar-refractivity contribution in [3.05, 3.63) is 29.8 Å². The van der Waals surface area contributed by atoms with Gasteiger partial charge in [0.1, 0.15) is 0 Å². The van der Waals surface area contributed by atoms with Crippen LogP contribution in [-0.4, -0.2) is 23.5 Å². The van der Waals surface area contributed by atoms with Crippen LogP contribution in [0.15, 0.2) is 24.3 Å². The first-order valence-electron chi connectivity index (χ1n) is 6.84. The van der Waals surface area contributed by atoms with Crippen LogP contribution in [0.25, 0.3) is 0 Å². The van der Waals surface area contributed by atoms with E-state index in [2.05, 4.69) is 18.2 Å². The molecule has 96 valence electrons. The third-order valence-corrected chi connectivity index (χ3v) is 5.29. The lowest BCUT2D eigenvalue weighted by molar-refractivity contribution is -0.116. The molecule has 1 saturated carbocycles. The number of benzene rings is 1. The number of hydrogen-bond donors (Lipinski definition) is 0. The molecule has 3 rings (SSSR count). The number of carbonyl (C=O) groups excluding carboxylic acids is 1. The van der Waals surface area contributed by atoms with Gasteiger partial charge in [-0.1, -0.05) is 31.0 Å². The van der Waals surface area contributed by atoms with Gasteiger partial charge >= 0.3 is 0 Å². The van der Waals surface area contributed by atoms with Crippen molar-refractivity contribution < 1.29 is 4.79 Å². The van der Waals surface area contributed by atoms with Crippen molar-refractivity contribution in [2.75, 3.05) is 17.2 Å². The minimum atomic E-state index is 0.289. The molecule has 0 N–H and O–H groups in total. The number of thioether (sulfide) groups is 1. The predicted molar refractivity (Wildman–Crippen MR) is 77.2 cm³/mol. The normalized spacial score (nSPS) is 19.2. The van der Waals surface area contributed by atoms with Gasteiger partial charge in [-0.15, -0.1) is 11.8 Å². The SMILES string of the molecule is O=C(CSC1CCCC1)N1CCc2ccccc21. The van der Waals surface area contributed by atoms with E-state index in [0.717, 1.165) is 23.9 Å². The molecule has 1 aliphatic heterocycles. The quantitative estimate of drug-likeness (QED) is 0.832. The molecule has 1 aromatic carbocycles. The van der Waals surface area contributed by atoms with Crippen LogP contribution in [0.5, 0.6) is 0 Å². The first kappa shape index (κ1) is 12.1. The van der Waals surface area contributed by atoms with Crippen LogP contribution in [0.4, 0.5) is 5.69 Å². The number of nitrogens with zero attached hydrogens (tertiary/aromatic N) is 1. The van der Waals surface area contributed by atoms with E-state index in [1.54, 1.807) is 0 Å². The second kappa shape index (κ2) is 5.35. The Morgan fingerprint density at radius 2 is 2.06 bits per heavy atom. The summed E-state index contributed by atoms with van der Waals surface area (Å²) < 4.78 is 0. The molecule has 2 aliphatic rings. The van der Waals surface area contributed by atoms with Gasteiger partial charge in [0, 0.05) is 17.5 Å². The molecule has 0 saturated heterocycles. The average Bonchev–Trinajstić information content (AvgIpc) is 3.05. The monoisotopic (exact) mass is 261 g/mol. The summed E-state index contributed by atoms with van der Waals surface area (Å²) in [5.74, 6) is 0.941. The minimum absolute atomic E-state index is 0.289. The van der Waals surface area contributed by atoms with Crippen molar-refractivity contribution in [1.82, 2.24) is 0 Å². The van der Waals surface area contributed by atoms with Crippen LogP contribution in [0, 0.1) is 0 Å². The molecular formula is C15H19NOS. The Bertz CT molecular complexity index is 440. The molecule has 0 bridgehead atoms. The van der Waals surface area contributed by atoms with E-state index in [0.29, 0.717) is 5.75 Å². The van der Waals surface area contributed by atoms with Crippen LogP contribution in [0.1, 0.15) is 31.2 Å². The van der Waals surface area contributed by atoms with Crippen molar-refractivity contribution in [2.24, 2.45) is 0 Å². The number of para-hydroxylation sites is 1. The summed E-state index contributed by atoms with van der Waals surface area (Å²) in [5.41, 5.74) is 2.45. The molecule has 0 spiro atoms. The smallest absolute Gasteiger partial charge is 0.237 e. The van der Waals surface area contributed by atoms with Crippen LogP contribution in [-0.2, 0) is 11.2 Å². The molecule has 1 aromatic rings. The molecule has 0 atom stereocenters. The highest BCUT2D eigenvalue weighted by Gasteiger charge is 2.25. The zero-order valence-electron chi connectivity index (χ0n) is 10.6. The topological polar surface area (TPSA) is 20.3 Å². The van der Waals surface area contributed by atoms with E-state index < -0.39 is 0 Å². The van der Waals surface area contributed by atoms with E-state index in [4.69, 9.17) is 0 Å². The fourth-order valence-electron chi connectivity index (χ4n) is 2.92. The molecule has 0 unspecified atom stereocenters. The lowest BCUT2D eigenvalue weighted by Crippen LogP contribution is -2.30. The Kier molecular flexibility index (Phi) is 3.59. The molecule has 0 radical (unpaired) electrons. The van der Waals surface area contributed by atoms with Gasteiger partial charge in [-0.3, -0.25) is 4.79 Å². The van der Waals surface area contributed by atoms with Gasteiger partial charge < -0.3 is 4.90 Å². The molecule has 1 aliphatic carbocycles. The summed E-state index contributed by atoms with van der Waals surface area (Å²) in [7, 11) is 0. The van der Waals surface area contributed by atoms with Gasteiger partial charge in [0.15, 0.2) is 0 Å². The predicted octanol–water partition coefficient (Wildman–Crippen LogP) is 3.25. The second-order valence-corrected chi connectivity index (χ2v) is 6.43. The number of carbonyl (C=O) groups is 1. The molecule has 1 fully saturated rings. The summed E-state index contributed by atoms with van der Waals surface area (Å²) in [6.45, 7) is 0.864. The highest BCUT2D eigenvalue weighted by molar-refractivity contribution is 8.00. The Morgan fingerprint density at radius 1 is 1.28 bits per heavy atom. The van der Waals surface area contributed by atoms with E-state index in [1.165, 1.54) is 31.2 Å².